The Morgan fingerprint density at radius 3 is 2.46 bits per heavy atom. The van der Waals surface area contributed by atoms with Crippen molar-refractivity contribution in [2.75, 3.05) is 38.8 Å². The van der Waals surface area contributed by atoms with Crippen LogP contribution in [0, 0.1) is 0 Å². The lowest BCUT2D eigenvalue weighted by molar-refractivity contribution is 0.101. The van der Waals surface area contributed by atoms with Crippen LogP contribution in [-0.2, 0) is 4.74 Å². The van der Waals surface area contributed by atoms with Crippen LogP contribution in [0.25, 0.3) is 0 Å². The summed E-state index contributed by atoms with van der Waals surface area (Å²) in [6, 6.07) is 11.9. The van der Waals surface area contributed by atoms with Crippen molar-refractivity contribution < 1.29 is 19.0 Å². The van der Waals surface area contributed by atoms with Gasteiger partial charge in [-0.05, 0) is 42.5 Å². The quantitative estimate of drug-likeness (QED) is 0.630. The van der Waals surface area contributed by atoms with Gasteiger partial charge >= 0.3 is 0 Å². The van der Waals surface area contributed by atoms with Gasteiger partial charge in [0.05, 0.1) is 12.2 Å². The summed E-state index contributed by atoms with van der Waals surface area (Å²) in [5, 5.41) is 3.26. The molecule has 0 spiro atoms. The Balaban J connectivity index is 0.00000338. The topological polar surface area (TPSA) is 82.8 Å². The van der Waals surface area contributed by atoms with Gasteiger partial charge in [0, 0.05) is 24.4 Å². The van der Waals surface area contributed by atoms with Gasteiger partial charge < -0.3 is 25.3 Å². The summed E-state index contributed by atoms with van der Waals surface area (Å²) in [7, 11) is 1.58. The molecule has 0 fully saturated rings. The SMILES string of the molecule is COCCOc1ccc(Cl)cc1C(=O)Nc1ccc(OCCN)cc1.Cl. The second kappa shape index (κ2) is 11.6. The van der Waals surface area contributed by atoms with Crippen LogP contribution in [0.2, 0.25) is 5.02 Å². The largest absolute Gasteiger partial charge is 0.492 e. The standard InChI is InChI=1S/C18H21ClN2O4.ClH/c1-23-10-11-25-17-7-2-13(19)12-16(17)18(22)21-14-3-5-15(6-4-14)24-9-8-20;/h2-7,12H,8-11,20H2,1H3,(H,21,22);1H. The highest BCUT2D eigenvalue weighted by Crippen LogP contribution is 2.24. The molecule has 0 saturated heterocycles. The maximum absolute atomic E-state index is 12.5. The van der Waals surface area contributed by atoms with Gasteiger partial charge in [-0.15, -0.1) is 12.4 Å². The molecular weight excluding hydrogens is 379 g/mol. The van der Waals surface area contributed by atoms with Crippen LogP contribution in [0.3, 0.4) is 0 Å². The van der Waals surface area contributed by atoms with Crippen molar-refractivity contribution in [3.8, 4) is 11.5 Å². The molecule has 0 heterocycles. The number of nitrogens with two attached hydrogens (primary N) is 1. The molecule has 3 N–H and O–H groups in total. The summed E-state index contributed by atoms with van der Waals surface area (Å²) >= 11 is 6.01. The molecule has 0 aliphatic heterocycles. The molecule has 2 aromatic rings. The first-order valence-corrected chi connectivity index (χ1v) is 8.17. The number of hydrogen-bond acceptors (Lipinski definition) is 5. The molecule has 6 nitrogen and oxygen atoms in total. The third kappa shape index (κ3) is 6.72. The van der Waals surface area contributed by atoms with E-state index in [1.54, 1.807) is 49.6 Å². The summed E-state index contributed by atoms with van der Waals surface area (Å²) in [5.74, 6) is 0.821. The van der Waals surface area contributed by atoms with E-state index in [0.29, 0.717) is 54.1 Å². The van der Waals surface area contributed by atoms with Crippen LogP contribution in [0.1, 0.15) is 10.4 Å². The van der Waals surface area contributed by atoms with Crippen molar-refractivity contribution in [1.82, 2.24) is 0 Å². The van der Waals surface area contributed by atoms with Crippen molar-refractivity contribution >= 4 is 35.6 Å². The van der Waals surface area contributed by atoms with E-state index in [2.05, 4.69) is 5.32 Å². The summed E-state index contributed by atoms with van der Waals surface area (Å²) in [6.07, 6.45) is 0. The first-order chi connectivity index (χ1) is 12.1. The zero-order valence-corrected chi connectivity index (χ0v) is 15.9. The number of carbonyl (C=O) groups excluding carboxylic acids is 1. The van der Waals surface area contributed by atoms with E-state index in [1.807, 2.05) is 0 Å². The molecule has 0 saturated carbocycles. The van der Waals surface area contributed by atoms with Crippen molar-refractivity contribution in [2.45, 2.75) is 0 Å². The third-order valence-corrected chi connectivity index (χ3v) is 3.47. The van der Waals surface area contributed by atoms with Gasteiger partial charge in [0.25, 0.3) is 5.91 Å². The van der Waals surface area contributed by atoms with Crippen LogP contribution in [0.15, 0.2) is 42.5 Å². The number of benzene rings is 2. The van der Waals surface area contributed by atoms with E-state index in [4.69, 9.17) is 31.5 Å². The Hall–Kier alpha value is -1.99. The minimum Gasteiger partial charge on any atom is -0.492 e. The van der Waals surface area contributed by atoms with Crippen LogP contribution in [0.5, 0.6) is 11.5 Å². The van der Waals surface area contributed by atoms with E-state index in [-0.39, 0.29) is 18.3 Å². The fraction of sp³-hybridized carbons (Fsp3) is 0.278. The van der Waals surface area contributed by atoms with Gasteiger partial charge in [-0.2, -0.15) is 0 Å². The second-order valence-corrected chi connectivity index (χ2v) is 5.53. The van der Waals surface area contributed by atoms with Gasteiger partial charge in [-0.3, -0.25) is 4.79 Å². The third-order valence-electron chi connectivity index (χ3n) is 3.23. The second-order valence-electron chi connectivity index (χ2n) is 5.10. The molecule has 1 amide bonds. The molecule has 0 unspecified atom stereocenters. The van der Waals surface area contributed by atoms with E-state index in [0.717, 1.165) is 0 Å². The lowest BCUT2D eigenvalue weighted by atomic mass is 10.1. The number of carbonyl (C=O) groups is 1. The molecule has 0 atom stereocenters. The van der Waals surface area contributed by atoms with Crippen LogP contribution >= 0.6 is 24.0 Å². The Bertz CT molecular complexity index is 696. The summed E-state index contributed by atoms with van der Waals surface area (Å²) in [5.41, 5.74) is 6.38. The summed E-state index contributed by atoms with van der Waals surface area (Å²) in [6.45, 7) is 1.65. The average Bonchev–Trinajstić information content (AvgIpc) is 2.62. The van der Waals surface area contributed by atoms with Crippen LogP contribution < -0.4 is 20.5 Å². The van der Waals surface area contributed by atoms with Crippen LogP contribution in [0.4, 0.5) is 5.69 Å². The first kappa shape index (κ1) is 22.1. The molecular formula is C18H22Cl2N2O4. The Kier molecular flexibility index (Phi) is 9.83. The Morgan fingerprint density at radius 1 is 1.08 bits per heavy atom. The number of nitrogens with one attached hydrogen (secondary N) is 1. The zero-order valence-electron chi connectivity index (χ0n) is 14.4. The molecule has 0 aromatic heterocycles. The maximum atomic E-state index is 12.5. The van der Waals surface area contributed by atoms with Crippen molar-refractivity contribution in [1.29, 1.82) is 0 Å². The number of methoxy groups -OCH3 is 1. The molecule has 0 radical (unpaired) electrons. The van der Waals surface area contributed by atoms with Crippen molar-refractivity contribution in [3.05, 3.63) is 53.1 Å². The zero-order chi connectivity index (χ0) is 18.1. The normalized spacial score (nSPS) is 9.96. The molecule has 2 aromatic carbocycles. The summed E-state index contributed by atoms with van der Waals surface area (Å²) < 4.78 is 15.9. The lowest BCUT2D eigenvalue weighted by Gasteiger charge is -2.12. The molecule has 8 heteroatoms. The van der Waals surface area contributed by atoms with Gasteiger partial charge in [-0.25, -0.2) is 0 Å². The molecule has 0 aliphatic carbocycles. The van der Waals surface area contributed by atoms with E-state index >= 15 is 0 Å². The van der Waals surface area contributed by atoms with Gasteiger partial charge in [0.2, 0.25) is 0 Å². The highest BCUT2D eigenvalue weighted by molar-refractivity contribution is 6.31. The molecule has 0 aliphatic rings. The minimum absolute atomic E-state index is 0. The highest BCUT2D eigenvalue weighted by Gasteiger charge is 2.14. The molecule has 2 rings (SSSR count). The van der Waals surface area contributed by atoms with Crippen molar-refractivity contribution in [3.63, 3.8) is 0 Å². The Labute approximate surface area is 164 Å². The maximum Gasteiger partial charge on any atom is 0.259 e. The number of ether oxygens (including phenoxy) is 3. The number of anilines is 1. The molecule has 26 heavy (non-hydrogen) atoms. The number of halogens is 2. The van der Waals surface area contributed by atoms with Gasteiger partial charge in [0.15, 0.2) is 0 Å². The van der Waals surface area contributed by atoms with Gasteiger partial charge in [-0.1, -0.05) is 11.6 Å². The molecule has 142 valence electrons. The van der Waals surface area contributed by atoms with E-state index < -0.39 is 0 Å². The minimum atomic E-state index is -0.314. The summed E-state index contributed by atoms with van der Waals surface area (Å²) in [4.78, 5) is 12.5. The average molecular weight is 401 g/mol. The smallest absolute Gasteiger partial charge is 0.259 e. The lowest BCUT2D eigenvalue weighted by Crippen LogP contribution is -2.15. The van der Waals surface area contributed by atoms with E-state index in [9.17, 15) is 4.79 Å². The van der Waals surface area contributed by atoms with E-state index in [1.165, 1.54) is 0 Å². The van der Waals surface area contributed by atoms with Crippen molar-refractivity contribution in [2.24, 2.45) is 5.73 Å². The molecule has 0 bridgehead atoms. The van der Waals surface area contributed by atoms with Gasteiger partial charge in [0.1, 0.15) is 24.7 Å². The predicted octanol–water partition coefficient (Wildman–Crippen LogP) is 3.38. The number of rotatable bonds is 9. The predicted molar refractivity (Wildman–Crippen MR) is 105 cm³/mol. The first-order valence-electron chi connectivity index (χ1n) is 7.79. The number of hydrogen-bond donors (Lipinski definition) is 2. The highest BCUT2D eigenvalue weighted by atomic mass is 35.5. The number of amides is 1. The fourth-order valence-corrected chi connectivity index (χ4v) is 2.22. The Morgan fingerprint density at radius 2 is 1.81 bits per heavy atom. The van der Waals surface area contributed by atoms with Crippen LogP contribution in [-0.4, -0.2) is 39.4 Å². The fourth-order valence-electron chi connectivity index (χ4n) is 2.05. The monoisotopic (exact) mass is 400 g/mol.